The molecule has 1 aliphatic carbocycles. The maximum atomic E-state index is 5.91. The molecule has 1 aliphatic heterocycles. The van der Waals surface area contributed by atoms with E-state index in [0.717, 1.165) is 24.1 Å². The Morgan fingerprint density at radius 3 is 2.79 bits per heavy atom. The molecule has 2 fully saturated rings. The van der Waals surface area contributed by atoms with Crippen molar-refractivity contribution >= 4 is 11.6 Å². The van der Waals surface area contributed by atoms with Gasteiger partial charge in [0.05, 0.1) is 0 Å². The lowest BCUT2D eigenvalue weighted by Crippen LogP contribution is -2.28. The van der Waals surface area contributed by atoms with Gasteiger partial charge in [-0.25, -0.2) is 9.97 Å². The molecule has 1 atom stereocenters. The van der Waals surface area contributed by atoms with Gasteiger partial charge in [-0.1, -0.05) is 0 Å². The SMILES string of the molecule is CN1CCC(CN(C)c2cc(N)nc(C3CC3)n2)C1. The van der Waals surface area contributed by atoms with Gasteiger partial charge in [0.1, 0.15) is 17.5 Å². The van der Waals surface area contributed by atoms with Crippen LogP contribution in [0.4, 0.5) is 11.6 Å². The van der Waals surface area contributed by atoms with Crippen molar-refractivity contribution in [2.45, 2.75) is 25.2 Å². The molecule has 1 saturated carbocycles. The fraction of sp³-hybridized carbons (Fsp3) is 0.714. The summed E-state index contributed by atoms with van der Waals surface area (Å²) in [7, 11) is 4.30. The lowest BCUT2D eigenvalue weighted by Gasteiger charge is -2.22. The molecule has 3 rings (SSSR count). The number of nitrogen functional groups attached to an aromatic ring is 1. The number of rotatable bonds is 4. The lowest BCUT2D eigenvalue weighted by molar-refractivity contribution is 0.395. The molecule has 2 heterocycles. The number of hydrogen-bond acceptors (Lipinski definition) is 5. The molecule has 5 heteroatoms. The lowest BCUT2D eigenvalue weighted by atomic mass is 10.1. The summed E-state index contributed by atoms with van der Waals surface area (Å²) in [6.07, 6.45) is 3.69. The van der Waals surface area contributed by atoms with E-state index in [4.69, 9.17) is 5.73 Å². The predicted octanol–water partition coefficient (Wildman–Crippen LogP) is 1.32. The molecule has 1 aromatic rings. The van der Waals surface area contributed by atoms with Crippen LogP contribution in [0.2, 0.25) is 0 Å². The van der Waals surface area contributed by atoms with Crippen molar-refractivity contribution < 1.29 is 0 Å². The van der Waals surface area contributed by atoms with Gasteiger partial charge in [-0.05, 0) is 38.8 Å². The predicted molar refractivity (Wildman–Crippen MR) is 77.3 cm³/mol. The van der Waals surface area contributed by atoms with E-state index in [-0.39, 0.29) is 0 Å². The molecular weight excluding hydrogens is 238 g/mol. The van der Waals surface area contributed by atoms with E-state index in [1.165, 1.54) is 32.4 Å². The van der Waals surface area contributed by atoms with Gasteiger partial charge in [0.25, 0.3) is 0 Å². The van der Waals surface area contributed by atoms with E-state index in [1.807, 2.05) is 6.07 Å². The summed E-state index contributed by atoms with van der Waals surface area (Å²) in [4.78, 5) is 13.7. The van der Waals surface area contributed by atoms with Crippen LogP contribution in [0, 0.1) is 5.92 Å². The Morgan fingerprint density at radius 2 is 2.16 bits per heavy atom. The molecule has 0 amide bonds. The Bertz CT molecular complexity index is 457. The average molecular weight is 261 g/mol. The highest BCUT2D eigenvalue weighted by Gasteiger charge is 2.28. The van der Waals surface area contributed by atoms with Gasteiger partial charge in [0.2, 0.25) is 0 Å². The van der Waals surface area contributed by atoms with Crippen molar-refractivity contribution in [2.75, 3.05) is 44.4 Å². The molecule has 19 heavy (non-hydrogen) atoms. The Morgan fingerprint density at radius 1 is 1.37 bits per heavy atom. The minimum absolute atomic E-state index is 0.549. The van der Waals surface area contributed by atoms with Gasteiger partial charge in [-0.15, -0.1) is 0 Å². The number of nitrogens with two attached hydrogens (primary N) is 1. The van der Waals surface area contributed by atoms with Crippen LogP contribution in [0.5, 0.6) is 0 Å². The molecular formula is C14H23N5. The fourth-order valence-electron chi connectivity index (χ4n) is 2.85. The second kappa shape index (κ2) is 4.96. The first kappa shape index (κ1) is 12.7. The third kappa shape index (κ3) is 2.97. The highest BCUT2D eigenvalue weighted by molar-refractivity contribution is 5.47. The Balaban J connectivity index is 1.70. The number of anilines is 2. The summed E-state index contributed by atoms with van der Waals surface area (Å²) in [6, 6.07) is 1.89. The zero-order chi connectivity index (χ0) is 13.4. The molecule has 1 unspecified atom stereocenters. The zero-order valence-corrected chi connectivity index (χ0v) is 11.8. The normalized spacial score (nSPS) is 23.8. The molecule has 1 aromatic heterocycles. The molecule has 0 radical (unpaired) electrons. The second-order valence-corrected chi connectivity index (χ2v) is 6.08. The molecule has 2 aliphatic rings. The van der Waals surface area contributed by atoms with Crippen molar-refractivity contribution in [3.05, 3.63) is 11.9 Å². The van der Waals surface area contributed by atoms with Crippen LogP contribution >= 0.6 is 0 Å². The van der Waals surface area contributed by atoms with Crippen LogP contribution in [0.25, 0.3) is 0 Å². The van der Waals surface area contributed by atoms with Gasteiger partial charge < -0.3 is 15.5 Å². The van der Waals surface area contributed by atoms with Gasteiger partial charge in [-0.2, -0.15) is 0 Å². The van der Waals surface area contributed by atoms with Crippen molar-refractivity contribution in [1.82, 2.24) is 14.9 Å². The second-order valence-electron chi connectivity index (χ2n) is 6.08. The monoisotopic (exact) mass is 261 g/mol. The van der Waals surface area contributed by atoms with E-state index >= 15 is 0 Å². The van der Waals surface area contributed by atoms with Crippen molar-refractivity contribution in [2.24, 2.45) is 5.92 Å². The molecule has 2 N–H and O–H groups in total. The first-order valence-corrected chi connectivity index (χ1v) is 7.16. The zero-order valence-electron chi connectivity index (χ0n) is 11.8. The molecule has 5 nitrogen and oxygen atoms in total. The smallest absolute Gasteiger partial charge is 0.136 e. The highest BCUT2D eigenvalue weighted by Crippen LogP contribution is 2.38. The average Bonchev–Trinajstić information content (AvgIpc) is 3.13. The van der Waals surface area contributed by atoms with E-state index in [1.54, 1.807) is 0 Å². The third-order valence-electron chi connectivity index (χ3n) is 4.10. The largest absolute Gasteiger partial charge is 0.384 e. The van der Waals surface area contributed by atoms with Crippen LogP contribution in [0.3, 0.4) is 0 Å². The molecule has 0 bridgehead atoms. The fourth-order valence-corrected chi connectivity index (χ4v) is 2.85. The summed E-state index contributed by atoms with van der Waals surface area (Å²) in [5, 5.41) is 0. The first-order chi connectivity index (χ1) is 9.11. The van der Waals surface area contributed by atoms with Crippen LogP contribution in [0.15, 0.2) is 6.07 Å². The third-order valence-corrected chi connectivity index (χ3v) is 4.10. The minimum atomic E-state index is 0.549. The number of aromatic nitrogens is 2. The molecule has 1 saturated heterocycles. The maximum absolute atomic E-state index is 5.91. The number of nitrogens with zero attached hydrogens (tertiary/aromatic N) is 4. The van der Waals surface area contributed by atoms with E-state index in [2.05, 4.69) is 33.9 Å². The van der Waals surface area contributed by atoms with E-state index < -0.39 is 0 Å². The molecule has 0 aromatic carbocycles. The topological polar surface area (TPSA) is 58.3 Å². The molecule has 104 valence electrons. The molecule has 0 spiro atoms. The standard InChI is InChI=1S/C14H23N5/c1-18-6-5-10(8-18)9-19(2)13-7-12(15)16-14(17-13)11-3-4-11/h7,10-11H,3-6,8-9H2,1-2H3,(H2,15,16,17). The summed E-state index contributed by atoms with van der Waals surface area (Å²) in [5.41, 5.74) is 5.91. The number of hydrogen-bond donors (Lipinski definition) is 1. The maximum Gasteiger partial charge on any atom is 0.136 e. The summed E-state index contributed by atoms with van der Waals surface area (Å²) < 4.78 is 0. The van der Waals surface area contributed by atoms with Gasteiger partial charge in [0, 0.05) is 32.1 Å². The Labute approximate surface area is 114 Å². The van der Waals surface area contributed by atoms with Crippen LogP contribution in [-0.2, 0) is 0 Å². The van der Waals surface area contributed by atoms with E-state index in [9.17, 15) is 0 Å². The quantitative estimate of drug-likeness (QED) is 0.886. The summed E-state index contributed by atoms with van der Waals surface area (Å²) >= 11 is 0. The van der Waals surface area contributed by atoms with Gasteiger partial charge in [-0.3, -0.25) is 0 Å². The first-order valence-electron chi connectivity index (χ1n) is 7.16. The Kier molecular flexibility index (Phi) is 3.31. The summed E-state index contributed by atoms with van der Waals surface area (Å²) in [6.45, 7) is 3.43. The summed E-state index contributed by atoms with van der Waals surface area (Å²) in [5.74, 6) is 3.79. The van der Waals surface area contributed by atoms with Crippen LogP contribution < -0.4 is 10.6 Å². The van der Waals surface area contributed by atoms with Crippen molar-refractivity contribution in [1.29, 1.82) is 0 Å². The number of likely N-dealkylation sites (tertiary alicyclic amines) is 1. The van der Waals surface area contributed by atoms with Gasteiger partial charge >= 0.3 is 0 Å². The van der Waals surface area contributed by atoms with Gasteiger partial charge in [0.15, 0.2) is 0 Å². The Hall–Kier alpha value is -1.36. The van der Waals surface area contributed by atoms with Crippen molar-refractivity contribution in [3.8, 4) is 0 Å². The minimum Gasteiger partial charge on any atom is -0.384 e. The van der Waals surface area contributed by atoms with Crippen molar-refractivity contribution in [3.63, 3.8) is 0 Å². The van der Waals surface area contributed by atoms with E-state index in [0.29, 0.717) is 11.7 Å². The van der Waals surface area contributed by atoms with Crippen LogP contribution in [-0.4, -0.2) is 48.6 Å². The highest BCUT2D eigenvalue weighted by atomic mass is 15.2. The van der Waals surface area contributed by atoms with Crippen LogP contribution in [0.1, 0.15) is 31.0 Å².